The molecular weight excluding hydrogens is 120 g/mol. The van der Waals surface area contributed by atoms with E-state index in [4.69, 9.17) is 15.3 Å². The summed E-state index contributed by atoms with van der Waals surface area (Å²) >= 11 is 0. The van der Waals surface area contributed by atoms with Crippen LogP contribution in [0.4, 0.5) is 0 Å². The third kappa shape index (κ3) is 3.46. The summed E-state index contributed by atoms with van der Waals surface area (Å²) in [5.74, 6) is 0. The quantitative estimate of drug-likeness (QED) is 0.486. The molecule has 0 radical (unpaired) electrons. The number of aliphatic hydroxyl groups is 3. The molecule has 0 saturated carbocycles. The maximum absolute atomic E-state index is 8.91. The molecule has 0 saturated heterocycles. The van der Waals surface area contributed by atoms with Gasteiger partial charge in [-0.3, -0.25) is 0 Å². The van der Waals surface area contributed by atoms with Gasteiger partial charge in [0, 0.05) is 0 Å². The molecule has 0 rings (SSSR count). The van der Waals surface area contributed by atoms with Crippen LogP contribution in [0.5, 0.6) is 0 Å². The Hall–Kier alpha value is -0.120. The molecule has 3 N–H and O–H groups in total. The number of hydrogen-bond acceptors (Lipinski definition) is 3. The average Bonchev–Trinajstić information content (AvgIpc) is 1.87. The molecule has 0 aliphatic heterocycles. The fraction of sp³-hybridized carbons (Fsp3) is 1.00. The van der Waals surface area contributed by atoms with Gasteiger partial charge in [-0.05, 0) is 6.42 Å². The highest BCUT2D eigenvalue weighted by atomic mass is 16.4. The number of rotatable bonds is 4. The Morgan fingerprint density at radius 2 is 1.78 bits per heavy atom. The molecule has 9 heavy (non-hydrogen) atoms. The Morgan fingerprint density at radius 1 is 1.22 bits per heavy atom. The molecule has 0 fully saturated rings. The van der Waals surface area contributed by atoms with E-state index in [0.29, 0.717) is 6.42 Å². The molecule has 1 unspecified atom stereocenters. The van der Waals surface area contributed by atoms with Gasteiger partial charge in [0.05, 0.1) is 12.7 Å². The van der Waals surface area contributed by atoms with Crippen molar-refractivity contribution in [2.75, 3.05) is 6.61 Å². The summed E-state index contributed by atoms with van der Waals surface area (Å²) in [4.78, 5) is 0. The van der Waals surface area contributed by atoms with Crippen LogP contribution in [0.1, 0.15) is 19.8 Å². The fourth-order valence-electron chi connectivity index (χ4n) is 0.610. The van der Waals surface area contributed by atoms with Gasteiger partial charge in [0.15, 0.2) is 0 Å². The lowest BCUT2D eigenvalue weighted by atomic mass is 10.1. The van der Waals surface area contributed by atoms with Crippen LogP contribution in [0.3, 0.4) is 0 Å². The van der Waals surface area contributed by atoms with Gasteiger partial charge >= 0.3 is 0 Å². The van der Waals surface area contributed by atoms with E-state index in [9.17, 15) is 0 Å². The normalized spacial score (nSPS) is 17.3. The van der Waals surface area contributed by atoms with Gasteiger partial charge in [-0.1, -0.05) is 13.3 Å². The standard InChI is InChI=1S/C6H14O3/c1-2-3-5(8)6(9)4-7/h5-9H,2-4H2,1H3/t5-,6?/m1/s1. The zero-order valence-electron chi connectivity index (χ0n) is 5.62. The average molecular weight is 134 g/mol. The van der Waals surface area contributed by atoms with Gasteiger partial charge in [0.25, 0.3) is 0 Å². The van der Waals surface area contributed by atoms with Crippen LogP contribution in [0.25, 0.3) is 0 Å². The first-order chi connectivity index (χ1) is 4.22. The van der Waals surface area contributed by atoms with Crippen molar-refractivity contribution in [1.29, 1.82) is 0 Å². The van der Waals surface area contributed by atoms with E-state index in [-0.39, 0.29) is 6.61 Å². The Morgan fingerprint density at radius 3 is 2.11 bits per heavy atom. The Bertz CT molecular complexity index is 65.3. The molecule has 0 aromatic rings. The van der Waals surface area contributed by atoms with Crippen LogP contribution < -0.4 is 0 Å². The molecule has 0 amide bonds. The van der Waals surface area contributed by atoms with Gasteiger partial charge in [-0.25, -0.2) is 0 Å². The van der Waals surface area contributed by atoms with Crippen molar-refractivity contribution in [1.82, 2.24) is 0 Å². The number of hydrogen-bond donors (Lipinski definition) is 3. The van der Waals surface area contributed by atoms with E-state index in [1.807, 2.05) is 6.92 Å². The van der Waals surface area contributed by atoms with Gasteiger partial charge in [0.2, 0.25) is 0 Å². The molecule has 56 valence electrons. The van der Waals surface area contributed by atoms with Crippen LogP contribution >= 0.6 is 0 Å². The maximum atomic E-state index is 8.91. The van der Waals surface area contributed by atoms with E-state index in [1.54, 1.807) is 0 Å². The van der Waals surface area contributed by atoms with Crippen molar-refractivity contribution in [3.8, 4) is 0 Å². The molecule has 0 aromatic carbocycles. The van der Waals surface area contributed by atoms with Crippen molar-refractivity contribution >= 4 is 0 Å². The van der Waals surface area contributed by atoms with Gasteiger partial charge in [-0.2, -0.15) is 0 Å². The molecule has 0 aromatic heterocycles. The molecule has 0 spiro atoms. The third-order valence-electron chi connectivity index (χ3n) is 1.22. The molecule has 0 bridgehead atoms. The predicted molar refractivity (Wildman–Crippen MR) is 34.0 cm³/mol. The Labute approximate surface area is 54.9 Å². The second-order valence-electron chi connectivity index (χ2n) is 2.11. The Kier molecular flexibility index (Phi) is 4.67. The van der Waals surface area contributed by atoms with Gasteiger partial charge < -0.3 is 15.3 Å². The highest BCUT2D eigenvalue weighted by Gasteiger charge is 2.12. The van der Waals surface area contributed by atoms with Crippen LogP contribution in [0, 0.1) is 0 Å². The van der Waals surface area contributed by atoms with E-state index in [1.165, 1.54) is 0 Å². The first-order valence-electron chi connectivity index (χ1n) is 3.19. The first-order valence-corrected chi connectivity index (χ1v) is 3.19. The smallest absolute Gasteiger partial charge is 0.103 e. The third-order valence-corrected chi connectivity index (χ3v) is 1.22. The van der Waals surface area contributed by atoms with Crippen LogP contribution in [0.15, 0.2) is 0 Å². The molecule has 0 aliphatic rings. The van der Waals surface area contributed by atoms with Gasteiger partial charge in [-0.15, -0.1) is 0 Å². The highest BCUT2D eigenvalue weighted by molar-refractivity contribution is 4.63. The van der Waals surface area contributed by atoms with Crippen LogP contribution in [-0.4, -0.2) is 34.1 Å². The van der Waals surface area contributed by atoms with Crippen molar-refractivity contribution in [2.24, 2.45) is 0 Å². The molecule has 0 heterocycles. The first kappa shape index (κ1) is 8.88. The molecule has 3 heteroatoms. The van der Waals surface area contributed by atoms with E-state index in [2.05, 4.69) is 0 Å². The molecule has 2 atom stereocenters. The zero-order valence-corrected chi connectivity index (χ0v) is 5.62. The van der Waals surface area contributed by atoms with Crippen LogP contribution in [-0.2, 0) is 0 Å². The van der Waals surface area contributed by atoms with Crippen LogP contribution in [0.2, 0.25) is 0 Å². The Balaban J connectivity index is 3.32. The second kappa shape index (κ2) is 4.73. The zero-order chi connectivity index (χ0) is 7.28. The lowest BCUT2D eigenvalue weighted by molar-refractivity contribution is -0.0177. The maximum Gasteiger partial charge on any atom is 0.103 e. The second-order valence-corrected chi connectivity index (χ2v) is 2.11. The van der Waals surface area contributed by atoms with Crippen molar-refractivity contribution in [3.63, 3.8) is 0 Å². The summed E-state index contributed by atoms with van der Waals surface area (Å²) in [6, 6.07) is 0. The molecule has 0 aliphatic carbocycles. The van der Waals surface area contributed by atoms with E-state index in [0.717, 1.165) is 6.42 Å². The lowest BCUT2D eigenvalue weighted by Gasteiger charge is -2.13. The summed E-state index contributed by atoms with van der Waals surface area (Å²) < 4.78 is 0. The van der Waals surface area contributed by atoms with E-state index >= 15 is 0 Å². The molecular formula is C6H14O3. The predicted octanol–water partition coefficient (Wildman–Crippen LogP) is -0.499. The summed E-state index contributed by atoms with van der Waals surface area (Å²) in [6.07, 6.45) is -0.370. The summed E-state index contributed by atoms with van der Waals surface area (Å²) in [5.41, 5.74) is 0. The minimum Gasteiger partial charge on any atom is -0.394 e. The highest BCUT2D eigenvalue weighted by Crippen LogP contribution is 2.00. The lowest BCUT2D eigenvalue weighted by Crippen LogP contribution is -2.28. The minimum absolute atomic E-state index is 0.360. The largest absolute Gasteiger partial charge is 0.394 e. The minimum atomic E-state index is -0.968. The monoisotopic (exact) mass is 134 g/mol. The molecule has 3 nitrogen and oxygen atoms in total. The topological polar surface area (TPSA) is 60.7 Å². The van der Waals surface area contributed by atoms with Crippen molar-refractivity contribution in [3.05, 3.63) is 0 Å². The SMILES string of the molecule is CCC[C@@H](O)C(O)CO. The van der Waals surface area contributed by atoms with E-state index < -0.39 is 12.2 Å². The van der Waals surface area contributed by atoms with Gasteiger partial charge in [0.1, 0.15) is 6.10 Å². The summed E-state index contributed by atoms with van der Waals surface area (Å²) in [6.45, 7) is 1.55. The summed E-state index contributed by atoms with van der Waals surface area (Å²) in [5, 5.41) is 26.0. The fourth-order valence-corrected chi connectivity index (χ4v) is 0.610. The van der Waals surface area contributed by atoms with Crippen molar-refractivity contribution < 1.29 is 15.3 Å². The van der Waals surface area contributed by atoms with Crippen molar-refractivity contribution in [2.45, 2.75) is 32.0 Å². The number of aliphatic hydroxyl groups excluding tert-OH is 3. The summed E-state index contributed by atoms with van der Waals surface area (Å²) in [7, 11) is 0.